The molecule has 2 aromatic heterocycles. The van der Waals surface area contributed by atoms with E-state index in [1.807, 2.05) is 0 Å². The Kier molecular flexibility index (Phi) is 2.82. The molecule has 0 aliphatic rings. The predicted octanol–water partition coefficient (Wildman–Crippen LogP) is 1.37. The quantitative estimate of drug-likeness (QED) is 0.800. The summed E-state index contributed by atoms with van der Waals surface area (Å²) < 4.78 is 6.28. The number of nitrogens with one attached hydrogen (secondary N) is 2. The Hall–Kier alpha value is -2.31. The number of amides is 1. The highest BCUT2D eigenvalue weighted by atomic mass is 16.6. The highest BCUT2D eigenvalue weighted by Crippen LogP contribution is 2.15. The van der Waals surface area contributed by atoms with Crippen molar-refractivity contribution in [1.82, 2.24) is 14.6 Å². The molecule has 7 nitrogen and oxygen atoms in total. The number of hydrogen-bond donors (Lipinski definition) is 2. The van der Waals surface area contributed by atoms with Gasteiger partial charge in [0.2, 0.25) is 0 Å². The molecule has 0 aliphatic heterocycles. The first-order chi connectivity index (χ1) is 8.37. The van der Waals surface area contributed by atoms with Crippen LogP contribution in [0.4, 0.5) is 10.5 Å². The van der Waals surface area contributed by atoms with E-state index in [0.717, 1.165) is 4.52 Å². The number of aromatic amines is 1. The van der Waals surface area contributed by atoms with Crippen LogP contribution in [0, 0.1) is 0 Å². The zero-order chi connectivity index (χ0) is 13.3. The summed E-state index contributed by atoms with van der Waals surface area (Å²) in [6, 6.07) is 1.64. The summed E-state index contributed by atoms with van der Waals surface area (Å²) in [7, 11) is 0. The van der Waals surface area contributed by atoms with Crippen molar-refractivity contribution in [2.24, 2.45) is 0 Å². The van der Waals surface area contributed by atoms with Crippen LogP contribution in [0.1, 0.15) is 20.8 Å². The minimum atomic E-state index is -0.585. The molecule has 7 heteroatoms. The van der Waals surface area contributed by atoms with Crippen molar-refractivity contribution in [2.45, 2.75) is 26.4 Å². The number of fused-ring (bicyclic) bond motifs is 1. The molecule has 0 unspecified atom stereocenters. The Bertz CT molecular complexity index is 636. The lowest BCUT2D eigenvalue weighted by Crippen LogP contribution is -2.27. The fourth-order valence-electron chi connectivity index (χ4n) is 1.44. The van der Waals surface area contributed by atoms with Gasteiger partial charge in [0.1, 0.15) is 5.60 Å². The summed E-state index contributed by atoms with van der Waals surface area (Å²) in [5, 5.41) is 6.42. The number of nitrogens with zero attached hydrogens (tertiary/aromatic N) is 2. The van der Waals surface area contributed by atoms with Gasteiger partial charge < -0.3 is 9.72 Å². The van der Waals surface area contributed by atoms with Gasteiger partial charge in [0, 0.05) is 6.20 Å². The molecular formula is C11H14N4O3. The summed E-state index contributed by atoms with van der Waals surface area (Å²) in [6.07, 6.45) is 2.30. The van der Waals surface area contributed by atoms with Crippen LogP contribution in [0.2, 0.25) is 0 Å². The smallest absolute Gasteiger partial charge is 0.412 e. The van der Waals surface area contributed by atoms with Crippen molar-refractivity contribution >= 4 is 17.3 Å². The molecule has 2 heterocycles. The second kappa shape index (κ2) is 4.17. The third kappa shape index (κ3) is 2.50. The topological polar surface area (TPSA) is 88.5 Å². The van der Waals surface area contributed by atoms with Gasteiger partial charge in [-0.15, -0.1) is 0 Å². The van der Waals surface area contributed by atoms with E-state index in [9.17, 15) is 9.59 Å². The SMILES string of the molecule is CC(C)(C)OC(=O)Nc1cnn2c(=O)[nH]ccc12. The van der Waals surface area contributed by atoms with E-state index in [1.165, 1.54) is 12.4 Å². The zero-order valence-corrected chi connectivity index (χ0v) is 10.4. The van der Waals surface area contributed by atoms with Crippen molar-refractivity contribution in [3.8, 4) is 0 Å². The van der Waals surface area contributed by atoms with E-state index in [-0.39, 0.29) is 5.69 Å². The van der Waals surface area contributed by atoms with Gasteiger partial charge in [-0.05, 0) is 26.8 Å². The van der Waals surface area contributed by atoms with Crippen LogP contribution >= 0.6 is 0 Å². The van der Waals surface area contributed by atoms with E-state index >= 15 is 0 Å². The zero-order valence-electron chi connectivity index (χ0n) is 10.4. The van der Waals surface area contributed by atoms with Crippen LogP contribution in [0.15, 0.2) is 23.3 Å². The van der Waals surface area contributed by atoms with Crippen LogP contribution in [0.5, 0.6) is 0 Å². The monoisotopic (exact) mass is 250 g/mol. The third-order valence-corrected chi connectivity index (χ3v) is 2.08. The van der Waals surface area contributed by atoms with E-state index in [4.69, 9.17) is 4.74 Å². The Labute approximate surface area is 103 Å². The average Bonchev–Trinajstić information content (AvgIpc) is 2.60. The van der Waals surface area contributed by atoms with Crippen molar-refractivity contribution in [1.29, 1.82) is 0 Å². The Morgan fingerprint density at radius 3 is 2.89 bits per heavy atom. The molecule has 0 saturated carbocycles. The van der Waals surface area contributed by atoms with E-state index < -0.39 is 11.7 Å². The van der Waals surface area contributed by atoms with Gasteiger partial charge in [0.25, 0.3) is 0 Å². The van der Waals surface area contributed by atoms with Crippen LogP contribution < -0.4 is 11.0 Å². The van der Waals surface area contributed by atoms with Gasteiger partial charge >= 0.3 is 11.8 Å². The average molecular weight is 250 g/mol. The number of aromatic nitrogens is 3. The van der Waals surface area contributed by atoms with Crippen LogP contribution in [-0.2, 0) is 4.74 Å². The van der Waals surface area contributed by atoms with Crippen molar-refractivity contribution in [3.05, 3.63) is 28.9 Å². The molecule has 0 saturated heterocycles. The van der Waals surface area contributed by atoms with E-state index in [2.05, 4.69) is 15.4 Å². The summed E-state index contributed by atoms with van der Waals surface area (Å²) in [4.78, 5) is 25.5. The highest BCUT2D eigenvalue weighted by molar-refractivity contribution is 5.90. The molecule has 0 radical (unpaired) electrons. The molecule has 0 spiro atoms. The van der Waals surface area contributed by atoms with Gasteiger partial charge in [-0.1, -0.05) is 0 Å². The molecule has 18 heavy (non-hydrogen) atoms. The largest absolute Gasteiger partial charge is 0.444 e. The lowest BCUT2D eigenvalue weighted by molar-refractivity contribution is 0.0636. The van der Waals surface area contributed by atoms with E-state index in [0.29, 0.717) is 11.2 Å². The number of anilines is 1. The number of hydrogen-bond acceptors (Lipinski definition) is 4. The fraction of sp³-hybridized carbons (Fsp3) is 0.364. The van der Waals surface area contributed by atoms with Gasteiger partial charge in [0.05, 0.1) is 17.4 Å². The highest BCUT2D eigenvalue weighted by Gasteiger charge is 2.17. The minimum Gasteiger partial charge on any atom is -0.444 e. The molecule has 2 aromatic rings. The summed E-state index contributed by atoms with van der Waals surface area (Å²) >= 11 is 0. The molecule has 1 amide bonds. The maximum Gasteiger partial charge on any atom is 0.412 e. The van der Waals surface area contributed by atoms with Gasteiger partial charge in [-0.3, -0.25) is 5.32 Å². The number of H-pyrrole nitrogens is 1. The molecule has 0 aromatic carbocycles. The summed E-state index contributed by atoms with van der Waals surface area (Å²) in [5.41, 5.74) is -0.0189. The molecule has 2 rings (SSSR count). The predicted molar refractivity (Wildman–Crippen MR) is 65.7 cm³/mol. The number of carbonyl (C=O) groups excluding carboxylic acids is 1. The standard InChI is InChI=1S/C11H14N4O3/c1-11(2,3)18-10(17)14-7-6-13-15-8(7)4-5-12-9(15)16/h4-6H,1-3H3,(H,12,16)(H,14,17). The van der Waals surface area contributed by atoms with Crippen LogP contribution in [0.3, 0.4) is 0 Å². The fourth-order valence-corrected chi connectivity index (χ4v) is 1.44. The van der Waals surface area contributed by atoms with Gasteiger partial charge in [-0.25, -0.2) is 9.59 Å². The van der Waals surface area contributed by atoms with E-state index in [1.54, 1.807) is 26.8 Å². The number of ether oxygens (including phenoxy) is 1. The minimum absolute atomic E-state index is 0.371. The summed E-state index contributed by atoms with van der Waals surface area (Å²) in [6.45, 7) is 5.31. The molecule has 0 bridgehead atoms. The molecule has 0 atom stereocenters. The van der Waals surface area contributed by atoms with Crippen LogP contribution in [0.25, 0.3) is 5.52 Å². The molecule has 0 fully saturated rings. The molecule has 0 aliphatic carbocycles. The third-order valence-electron chi connectivity index (χ3n) is 2.08. The first-order valence-corrected chi connectivity index (χ1v) is 5.42. The van der Waals surface area contributed by atoms with Crippen molar-refractivity contribution in [3.63, 3.8) is 0 Å². The Morgan fingerprint density at radius 2 is 2.22 bits per heavy atom. The normalized spacial score (nSPS) is 11.5. The molecule has 96 valence electrons. The first-order valence-electron chi connectivity index (χ1n) is 5.42. The maximum absolute atomic E-state index is 11.6. The lowest BCUT2D eigenvalue weighted by Gasteiger charge is -2.19. The maximum atomic E-state index is 11.6. The second-order valence-corrected chi connectivity index (χ2v) is 4.77. The van der Waals surface area contributed by atoms with Crippen LogP contribution in [-0.4, -0.2) is 26.3 Å². The summed E-state index contributed by atoms with van der Waals surface area (Å²) in [5.74, 6) is 0. The number of carbonyl (C=O) groups is 1. The number of rotatable bonds is 1. The lowest BCUT2D eigenvalue weighted by atomic mass is 10.2. The van der Waals surface area contributed by atoms with Crippen molar-refractivity contribution in [2.75, 3.05) is 5.32 Å². The van der Waals surface area contributed by atoms with Crippen molar-refractivity contribution < 1.29 is 9.53 Å². The molecular weight excluding hydrogens is 236 g/mol. The second-order valence-electron chi connectivity index (χ2n) is 4.77. The Balaban J connectivity index is 2.25. The Morgan fingerprint density at radius 1 is 1.50 bits per heavy atom. The first kappa shape index (κ1) is 12.2. The van der Waals surface area contributed by atoms with Gasteiger partial charge in [-0.2, -0.15) is 9.61 Å². The van der Waals surface area contributed by atoms with Gasteiger partial charge in [0.15, 0.2) is 0 Å². The molecule has 2 N–H and O–H groups in total.